The van der Waals surface area contributed by atoms with Crippen LogP contribution in [0.5, 0.6) is 0 Å². The number of nitrogens with zero attached hydrogens (tertiary/aromatic N) is 3. The summed E-state index contributed by atoms with van der Waals surface area (Å²) in [6.07, 6.45) is 43.8. The Balaban J connectivity index is 0.000000190. The van der Waals surface area contributed by atoms with Crippen molar-refractivity contribution < 1.29 is 34.5 Å². The largest absolute Gasteiger partial charge is 0.390 e. The molecular formula is C103H156FN3O6S. The van der Waals surface area contributed by atoms with Crippen LogP contribution in [0.4, 0.5) is 3.89 Å². The molecule has 0 spiro atoms. The average Bonchev–Trinajstić information content (AvgIpc) is 1.24. The van der Waals surface area contributed by atoms with E-state index in [1.54, 1.807) is 16.7 Å². The standard InChI is InChI=1S/3C33H47NO2.CH3FS.3CH4/c3*1-5-33(36)19-18-31(3)24(20-33)11-12-26-28-14-13-27(32(28,4)17-16-29(26)31)22(2)10-15-30(35)25-9-7-6-8-23(25)21-34;1-3-2;;;/h3*6-9,11,22,26-30,35-36H,5,10,12-20H2,1-4H3;1H3;3*1H4/t22-,26+,27-,28+,29+,30?,31+,32-,33+;22-,26+,27-,28+,29+,30+,31+,32-,33+;22-,26+,27-,28+,29+,30-,31+,32-,33+;;;;/m111..../s1. The number of aliphatic hydroxyl groups is 6. The number of nitriles is 3. The highest BCUT2D eigenvalue weighted by Gasteiger charge is 2.64. The maximum atomic E-state index is 11.0. The van der Waals surface area contributed by atoms with Gasteiger partial charge in [-0.25, -0.2) is 0 Å². The zero-order chi connectivity index (χ0) is 79.9. The maximum Gasteiger partial charge on any atom is 0.0995 e. The van der Waals surface area contributed by atoms with Crippen LogP contribution in [-0.2, 0) is 0 Å². The smallest absolute Gasteiger partial charge is 0.0995 e. The molecule has 11 heteroatoms. The highest BCUT2D eigenvalue weighted by molar-refractivity contribution is 7.93. The molecule has 632 valence electrons. The van der Waals surface area contributed by atoms with Gasteiger partial charge in [0.15, 0.2) is 0 Å². The molecule has 12 aliphatic rings. The fourth-order valence-electron chi connectivity index (χ4n) is 29.0. The molecule has 3 aromatic carbocycles. The van der Waals surface area contributed by atoms with E-state index in [2.05, 4.69) is 120 Å². The van der Waals surface area contributed by atoms with Crippen LogP contribution in [0.25, 0.3) is 0 Å². The average molecular weight is 1580 g/mol. The summed E-state index contributed by atoms with van der Waals surface area (Å²) in [6.45, 7) is 29.1. The monoisotopic (exact) mass is 1580 g/mol. The minimum atomic E-state index is -0.557. The molecule has 6 N–H and O–H groups in total. The summed E-state index contributed by atoms with van der Waals surface area (Å²) >= 11 is 0.250. The first kappa shape index (κ1) is 93.3. The minimum Gasteiger partial charge on any atom is -0.390 e. The molecule has 0 heterocycles. The van der Waals surface area contributed by atoms with Crippen molar-refractivity contribution in [1.82, 2.24) is 0 Å². The van der Waals surface area contributed by atoms with Crippen molar-refractivity contribution in [2.45, 2.75) is 352 Å². The number of allylic oxidation sites excluding steroid dienone is 3. The first-order valence-electron chi connectivity index (χ1n) is 44.8. The van der Waals surface area contributed by atoms with Crippen LogP contribution in [0.3, 0.4) is 0 Å². The van der Waals surface area contributed by atoms with Crippen LogP contribution in [0.2, 0.25) is 0 Å². The summed E-state index contributed by atoms with van der Waals surface area (Å²) in [5.74, 6) is 11.0. The Morgan fingerprint density at radius 1 is 0.386 bits per heavy atom. The molecule has 0 aromatic heterocycles. The molecule has 0 radical (unpaired) electrons. The minimum absolute atomic E-state index is 0. The molecule has 0 aliphatic heterocycles. The van der Waals surface area contributed by atoms with Crippen LogP contribution < -0.4 is 0 Å². The maximum absolute atomic E-state index is 11.0. The van der Waals surface area contributed by atoms with Gasteiger partial charge < -0.3 is 30.6 Å². The summed E-state index contributed by atoms with van der Waals surface area (Å²) < 4.78 is 10.2. The third-order valence-electron chi connectivity index (χ3n) is 36.0. The van der Waals surface area contributed by atoms with Gasteiger partial charge in [-0.05, 0) is 368 Å². The molecule has 0 amide bonds. The first-order chi connectivity index (χ1) is 52.9. The summed E-state index contributed by atoms with van der Waals surface area (Å²) in [5, 5.41) is 94.1. The second-order valence-electron chi connectivity index (χ2n) is 40.7. The predicted octanol–water partition coefficient (Wildman–Crippen LogP) is 26.3. The second kappa shape index (κ2) is 37.6. The molecular weight excluding hydrogens is 1430 g/mol. The summed E-state index contributed by atoms with van der Waals surface area (Å²) in [6, 6.07) is 29.2. The van der Waals surface area contributed by atoms with Crippen molar-refractivity contribution in [2.75, 3.05) is 6.26 Å². The zero-order valence-electron chi connectivity index (χ0n) is 70.7. The van der Waals surface area contributed by atoms with Gasteiger partial charge in [-0.15, -0.1) is 0 Å². The van der Waals surface area contributed by atoms with Crippen LogP contribution in [-0.4, -0.2) is 53.7 Å². The Labute approximate surface area is 697 Å². The number of benzene rings is 3. The van der Waals surface area contributed by atoms with Crippen LogP contribution in [0.1, 0.15) is 369 Å². The van der Waals surface area contributed by atoms with E-state index in [0.717, 1.165) is 203 Å². The number of halogens is 1. The number of hydrogen-bond donors (Lipinski definition) is 6. The molecule has 15 rings (SSSR count). The van der Waals surface area contributed by atoms with E-state index in [0.29, 0.717) is 50.7 Å². The van der Waals surface area contributed by atoms with E-state index in [9.17, 15) is 50.3 Å². The van der Waals surface area contributed by atoms with Crippen LogP contribution in [0.15, 0.2) is 108 Å². The molecule has 1 unspecified atom stereocenters. The third kappa shape index (κ3) is 17.7. The molecule has 114 heavy (non-hydrogen) atoms. The Kier molecular flexibility index (Phi) is 30.7. The van der Waals surface area contributed by atoms with E-state index in [4.69, 9.17) is 0 Å². The molecule has 9 nitrogen and oxygen atoms in total. The lowest BCUT2D eigenvalue weighted by Gasteiger charge is -2.59. The van der Waals surface area contributed by atoms with Crippen molar-refractivity contribution in [1.29, 1.82) is 15.8 Å². The van der Waals surface area contributed by atoms with Gasteiger partial charge in [-0.3, -0.25) is 0 Å². The molecule has 0 saturated heterocycles. The Bertz CT molecular complexity index is 3550. The van der Waals surface area contributed by atoms with Gasteiger partial charge >= 0.3 is 0 Å². The van der Waals surface area contributed by atoms with Gasteiger partial charge in [0.25, 0.3) is 0 Å². The van der Waals surface area contributed by atoms with Gasteiger partial charge in [-0.1, -0.05) is 195 Å². The Morgan fingerprint density at radius 2 is 0.632 bits per heavy atom. The zero-order valence-corrected chi connectivity index (χ0v) is 71.5. The van der Waals surface area contributed by atoms with Crippen LogP contribution >= 0.6 is 12.1 Å². The quantitative estimate of drug-likeness (QED) is 0.0668. The van der Waals surface area contributed by atoms with Crippen molar-refractivity contribution in [3.8, 4) is 18.2 Å². The highest BCUT2D eigenvalue weighted by atomic mass is 32.2. The van der Waals surface area contributed by atoms with Gasteiger partial charge in [0.1, 0.15) is 0 Å². The molecule has 3 aromatic rings. The van der Waals surface area contributed by atoms with Crippen LogP contribution in [0, 0.1) is 155 Å². The predicted molar refractivity (Wildman–Crippen MR) is 470 cm³/mol. The normalized spacial score (nSPS) is 39.3. The molecule has 0 bridgehead atoms. The summed E-state index contributed by atoms with van der Waals surface area (Å²) in [7, 11) is 0. The lowest BCUT2D eigenvalue weighted by molar-refractivity contribution is -0.0757. The number of rotatable bonds is 18. The van der Waals surface area contributed by atoms with Gasteiger partial charge in [0.2, 0.25) is 0 Å². The third-order valence-corrected chi connectivity index (χ3v) is 36.0. The number of hydrogen-bond acceptors (Lipinski definition) is 10. The molecule has 9 saturated carbocycles. The number of fused-ring (bicyclic) bond motifs is 15. The van der Waals surface area contributed by atoms with Gasteiger partial charge in [0, 0.05) is 18.4 Å². The van der Waals surface area contributed by atoms with E-state index < -0.39 is 35.1 Å². The van der Waals surface area contributed by atoms with E-state index in [-0.39, 0.29) is 50.7 Å². The first-order valence-corrected chi connectivity index (χ1v) is 45.9. The van der Waals surface area contributed by atoms with E-state index in [1.807, 2.05) is 72.8 Å². The molecule has 27 atom stereocenters. The second-order valence-corrected chi connectivity index (χ2v) is 41.0. The topological polar surface area (TPSA) is 193 Å². The Morgan fingerprint density at radius 3 is 0.868 bits per heavy atom. The van der Waals surface area contributed by atoms with Crippen molar-refractivity contribution in [3.63, 3.8) is 0 Å². The van der Waals surface area contributed by atoms with Crippen molar-refractivity contribution in [2.24, 2.45) is 121 Å². The Hall–Kier alpha value is -4.61. The lowest BCUT2D eigenvalue weighted by Crippen LogP contribution is -2.52. The van der Waals surface area contributed by atoms with E-state index >= 15 is 0 Å². The number of aliphatic hydroxyl groups excluding tert-OH is 3. The van der Waals surface area contributed by atoms with E-state index in [1.165, 1.54) is 103 Å². The SMILES string of the molecule is C.C.C.CC[C@]1(O)CC[C@@]2(C)C(=CC[C@H]3[C@@H]4CC[C@H]([C@H](C)CCC(O)c5ccccc5C#N)[C@@]4(C)CC[C@@H]32)C1.CC[C@]1(O)CC[C@@]2(C)C(=CC[C@H]3[C@@H]4CC[C@H]([C@H](C)CC[C@@H](O)c5ccccc5C#N)[C@@]4(C)CC[C@@H]32)C1.CC[C@]1(O)CC[C@@]2(C)C(=CC[C@H]3[C@@H]4CC[C@H]([C@H](C)CC[C@H](O)c5ccccc5C#N)[C@@]4(C)CC[C@@H]32)C1.CSF. The lowest BCUT2D eigenvalue weighted by atomic mass is 9.46. The van der Waals surface area contributed by atoms with Crippen molar-refractivity contribution in [3.05, 3.63) is 141 Å². The van der Waals surface area contributed by atoms with Gasteiger partial charge in [-0.2, -0.15) is 19.7 Å². The molecule has 9 fully saturated rings. The fourth-order valence-corrected chi connectivity index (χ4v) is 29.0. The molecule has 12 aliphatic carbocycles. The van der Waals surface area contributed by atoms with Gasteiger partial charge in [0.05, 0.1) is 70.0 Å². The summed E-state index contributed by atoms with van der Waals surface area (Å²) in [5.41, 5.74) is 9.46. The van der Waals surface area contributed by atoms with Crippen molar-refractivity contribution >= 4 is 12.1 Å². The highest BCUT2D eigenvalue weighted by Crippen LogP contribution is 2.72. The fraction of sp³-hybridized carbons (Fsp3) is 0.738. The summed E-state index contributed by atoms with van der Waals surface area (Å²) in [4.78, 5) is 0.